The van der Waals surface area contributed by atoms with E-state index >= 15 is 0 Å². The van der Waals surface area contributed by atoms with Gasteiger partial charge in [-0.1, -0.05) is 43.6 Å². The molecule has 172 valence electrons. The van der Waals surface area contributed by atoms with Crippen LogP contribution in [0.4, 0.5) is 4.79 Å². The number of hydrogen-bond acceptors (Lipinski definition) is 4. The smallest absolute Gasteiger partial charge is 0.322 e. The van der Waals surface area contributed by atoms with Crippen molar-refractivity contribution in [1.29, 1.82) is 0 Å². The van der Waals surface area contributed by atoms with Gasteiger partial charge in [0.05, 0.1) is 37.1 Å². The number of rotatable bonds is 5. The highest BCUT2D eigenvalue weighted by molar-refractivity contribution is 6.31. The van der Waals surface area contributed by atoms with Crippen LogP contribution in [-0.4, -0.2) is 78.5 Å². The molecule has 8 nitrogen and oxygen atoms in total. The molecule has 1 fully saturated rings. The Hall–Kier alpha value is -2.58. The number of morpholine rings is 1. The number of carbonyl (C=O) groups excluding carboxylic acids is 3. The average molecular weight is 461 g/mol. The first-order chi connectivity index (χ1) is 15.3. The summed E-state index contributed by atoms with van der Waals surface area (Å²) in [7, 11) is 1.64. The number of likely N-dealkylation sites (N-methyl/N-ethyl adjacent to an activating group) is 1. The van der Waals surface area contributed by atoms with Crippen LogP contribution in [0.1, 0.15) is 31.9 Å². The van der Waals surface area contributed by atoms with Gasteiger partial charge < -0.3 is 19.9 Å². The minimum atomic E-state index is -0.655. The molecule has 1 aromatic carbocycles. The summed E-state index contributed by atoms with van der Waals surface area (Å²) < 4.78 is 5.39. The molecule has 1 N–H and O–H groups in total. The van der Waals surface area contributed by atoms with E-state index in [2.05, 4.69) is 5.32 Å². The number of urea groups is 1. The van der Waals surface area contributed by atoms with Crippen molar-refractivity contribution in [3.63, 3.8) is 0 Å². The standard InChI is InChI=1S/C23H29ClN4O4/c1-14(2)12-17(21(29)27-8-10-32-11-9-27)28-13-18-19(22(28)30)20(25-23(31)26(18)3)15-6-4-5-7-16(15)24/h4-7,14,17,20H,8-13H2,1-3H3,(H,25,31)/t17-,20-/m1/s1. The van der Waals surface area contributed by atoms with Gasteiger partial charge in [-0.05, 0) is 24.0 Å². The van der Waals surface area contributed by atoms with Crippen LogP contribution in [0.2, 0.25) is 5.02 Å². The number of benzene rings is 1. The normalized spacial score (nSPS) is 22.4. The largest absolute Gasteiger partial charge is 0.378 e. The van der Waals surface area contributed by atoms with Crippen molar-refractivity contribution in [2.75, 3.05) is 39.9 Å². The van der Waals surface area contributed by atoms with Crippen molar-refractivity contribution in [3.05, 3.63) is 46.1 Å². The van der Waals surface area contributed by atoms with E-state index < -0.39 is 12.1 Å². The molecule has 1 saturated heterocycles. The molecule has 2 atom stereocenters. The second kappa shape index (κ2) is 9.11. The highest BCUT2D eigenvalue weighted by atomic mass is 35.5. The summed E-state index contributed by atoms with van der Waals surface area (Å²) >= 11 is 6.41. The molecule has 0 aliphatic carbocycles. The zero-order valence-electron chi connectivity index (χ0n) is 18.6. The molecule has 3 heterocycles. The van der Waals surface area contributed by atoms with Crippen molar-refractivity contribution in [2.45, 2.75) is 32.4 Å². The molecule has 9 heteroatoms. The van der Waals surface area contributed by atoms with Crippen LogP contribution in [0.15, 0.2) is 35.5 Å². The summed E-state index contributed by atoms with van der Waals surface area (Å²) in [4.78, 5) is 44.8. The summed E-state index contributed by atoms with van der Waals surface area (Å²) in [6.45, 7) is 6.33. The molecule has 3 aliphatic heterocycles. The molecule has 0 spiro atoms. The number of hydrogen-bond donors (Lipinski definition) is 1. The minimum absolute atomic E-state index is 0.0635. The van der Waals surface area contributed by atoms with Crippen molar-refractivity contribution in [2.24, 2.45) is 5.92 Å². The van der Waals surface area contributed by atoms with Crippen molar-refractivity contribution < 1.29 is 19.1 Å². The van der Waals surface area contributed by atoms with Crippen LogP contribution >= 0.6 is 11.6 Å². The highest BCUT2D eigenvalue weighted by Crippen LogP contribution is 2.39. The first kappa shape index (κ1) is 22.6. The van der Waals surface area contributed by atoms with Crippen LogP contribution in [0.25, 0.3) is 0 Å². The van der Waals surface area contributed by atoms with E-state index in [0.29, 0.717) is 54.6 Å². The molecule has 1 aromatic rings. The number of nitrogens with zero attached hydrogens (tertiary/aromatic N) is 3. The molecule has 4 amide bonds. The van der Waals surface area contributed by atoms with Gasteiger partial charge in [0.15, 0.2) is 0 Å². The fraction of sp³-hybridized carbons (Fsp3) is 0.522. The lowest BCUT2D eigenvalue weighted by atomic mass is 9.95. The van der Waals surface area contributed by atoms with Crippen LogP contribution in [0.5, 0.6) is 0 Å². The number of halogens is 1. The molecular weight excluding hydrogens is 432 g/mol. The summed E-state index contributed by atoms with van der Waals surface area (Å²) in [6.07, 6.45) is 0.546. The summed E-state index contributed by atoms with van der Waals surface area (Å²) in [5.74, 6) is -0.0808. The quantitative estimate of drug-likeness (QED) is 0.731. The second-order valence-electron chi connectivity index (χ2n) is 8.84. The van der Waals surface area contributed by atoms with E-state index in [9.17, 15) is 14.4 Å². The molecule has 0 saturated carbocycles. The van der Waals surface area contributed by atoms with Crippen LogP contribution in [0, 0.1) is 5.92 Å². The van der Waals surface area contributed by atoms with Crippen LogP contribution in [-0.2, 0) is 14.3 Å². The lowest BCUT2D eigenvalue weighted by Gasteiger charge is -2.35. The van der Waals surface area contributed by atoms with Gasteiger partial charge in [-0.3, -0.25) is 14.5 Å². The first-order valence-corrected chi connectivity index (χ1v) is 11.4. The summed E-state index contributed by atoms with van der Waals surface area (Å²) in [5.41, 5.74) is 1.76. The molecule has 0 bridgehead atoms. The fourth-order valence-corrected chi connectivity index (χ4v) is 4.83. The molecule has 3 aliphatic rings. The number of amides is 4. The fourth-order valence-electron chi connectivity index (χ4n) is 4.58. The predicted molar refractivity (Wildman–Crippen MR) is 120 cm³/mol. The Morgan fingerprint density at radius 2 is 1.91 bits per heavy atom. The predicted octanol–water partition coefficient (Wildman–Crippen LogP) is 2.41. The van der Waals surface area contributed by atoms with Gasteiger partial charge in [0.1, 0.15) is 6.04 Å². The van der Waals surface area contributed by atoms with Crippen molar-refractivity contribution in [1.82, 2.24) is 20.0 Å². The third-order valence-corrected chi connectivity index (χ3v) is 6.63. The van der Waals surface area contributed by atoms with Gasteiger partial charge in [0.2, 0.25) is 5.91 Å². The van der Waals surface area contributed by atoms with Crippen molar-refractivity contribution in [3.8, 4) is 0 Å². The molecule has 0 aromatic heterocycles. The zero-order valence-corrected chi connectivity index (χ0v) is 19.4. The van der Waals surface area contributed by atoms with Gasteiger partial charge in [-0.25, -0.2) is 4.79 Å². The Balaban J connectivity index is 1.68. The SMILES string of the molecule is CC(C)C[C@H](C(=O)N1CCOCC1)N1CC2=C(C1=O)[C@@H](c1ccccc1Cl)NC(=O)N2C. The average Bonchev–Trinajstić information content (AvgIpc) is 3.12. The number of nitrogens with one attached hydrogen (secondary N) is 1. The Kier molecular flexibility index (Phi) is 6.44. The van der Waals surface area contributed by atoms with Crippen LogP contribution in [0.3, 0.4) is 0 Å². The number of carbonyl (C=O) groups is 3. The number of ether oxygens (including phenoxy) is 1. The lowest BCUT2D eigenvalue weighted by Crippen LogP contribution is -2.53. The Labute approximate surface area is 193 Å². The van der Waals surface area contributed by atoms with Gasteiger partial charge >= 0.3 is 6.03 Å². The first-order valence-electron chi connectivity index (χ1n) is 11.0. The Bertz CT molecular complexity index is 957. The van der Waals surface area contributed by atoms with E-state index in [4.69, 9.17) is 16.3 Å². The van der Waals surface area contributed by atoms with Crippen LogP contribution < -0.4 is 5.32 Å². The third-order valence-electron chi connectivity index (χ3n) is 6.28. The third kappa shape index (κ3) is 4.09. The molecule has 4 rings (SSSR count). The van der Waals surface area contributed by atoms with E-state index in [1.807, 2.05) is 26.0 Å². The molecular formula is C23H29ClN4O4. The second-order valence-corrected chi connectivity index (χ2v) is 9.25. The molecule has 0 unspecified atom stereocenters. The maximum Gasteiger partial charge on any atom is 0.322 e. The van der Waals surface area contributed by atoms with Gasteiger partial charge in [0.25, 0.3) is 5.91 Å². The topological polar surface area (TPSA) is 82.2 Å². The summed E-state index contributed by atoms with van der Waals surface area (Å²) in [6, 6.07) is 5.63. The zero-order chi connectivity index (χ0) is 23.0. The van der Waals surface area contributed by atoms with E-state index in [0.717, 1.165) is 0 Å². The maximum absolute atomic E-state index is 13.7. The minimum Gasteiger partial charge on any atom is -0.378 e. The maximum atomic E-state index is 13.7. The van der Waals surface area contributed by atoms with Gasteiger partial charge in [-0.15, -0.1) is 0 Å². The Morgan fingerprint density at radius 3 is 2.56 bits per heavy atom. The summed E-state index contributed by atoms with van der Waals surface area (Å²) in [5, 5.41) is 3.38. The highest BCUT2D eigenvalue weighted by Gasteiger charge is 2.47. The van der Waals surface area contributed by atoms with E-state index in [1.54, 1.807) is 29.0 Å². The molecule has 0 radical (unpaired) electrons. The monoisotopic (exact) mass is 460 g/mol. The van der Waals surface area contributed by atoms with E-state index in [-0.39, 0.29) is 30.3 Å². The van der Waals surface area contributed by atoms with Gasteiger partial charge in [0, 0.05) is 25.2 Å². The lowest BCUT2D eigenvalue weighted by molar-refractivity contribution is -0.146. The van der Waals surface area contributed by atoms with Gasteiger partial charge in [-0.2, -0.15) is 0 Å². The van der Waals surface area contributed by atoms with Crippen molar-refractivity contribution >= 4 is 29.4 Å². The van der Waals surface area contributed by atoms with E-state index in [1.165, 1.54) is 4.90 Å². The Morgan fingerprint density at radius 1 is 1.22 bits per heavy atom. The molecule has 32 heavy (non-hydrogen) atoms.